The Morgan fingerprint density at radius 1 is 0.889 bits per heavy atom. The Morgan fingerprint density at radius 2 is 1.41 bits per heavy atom. The lowest BCUT2D eigenvalue weighted by Crippen LogP contribution is -2.30. The van der Waals surface area contributed by atoms with E-state index in [1.807, 2.05) is 0 Å². The molecule has 0 spiro atoms. The van der Waals surface area contributed by atoms with Crippen LogP contribution in [0.15, 0.2) is 30.9 Å². The van der Waals surface area contributed by atoms with Gasteiger partial charge in [0.1, 0.15) is 18.1 Å². The van der Waals surface area contributed by atoms with E-state index in [2.05, 4.69) is 67.7 Å². The standard InChI is InChI=1S/C20H31N2.BF4/c1-5-6-7-8-9-10-11-21-12-13-22(16-21)20-18(3)14-17(2)15-19(20)4;2-1(3,4)5/h12-16H,5-11H2,1-4H3;/q+1;-1. The predicted octanol–water partition coefficient (Wildman–Crippen LogP) is 6.35. The molecular weight excluding hydrogens is 355 g/mol. The van der Waals surface area contributed by atoms with Gasteiger partial charge in [-0.15, -0.1) is 0 Å². The monoisotopic (exact) mass is 386 g/mol. The van der Waals surface area contributed by atoms with Crippen LogP contribution >= 0.6 is 0 Å². The molecular formula is C20H31BF4N2. The molecule has 152 valence electrons. The summed E-state index contributed by atoms with van der Waals surface area (Å²) in [4.78, 5) is 0. The summed E-state index contributed by atoms with van der Waals surface area (Å²) in [5.74, 6) is 0. The molecule has 0 atom stereocenters. The van der Waals surface area contributed by atoms with Gasteiger partial charge in [0.25, 0.3) is 0 Å². The largest absolute Gasteiger partial charge is 0.673 e. The zero-order valence-electron chi connectivity index (χ0n) is 16.8. The van der Waals surface area contributed by atoms with Crippen LogP contribution in [0.4, 0.5) is 17.3 Å². The third kappa shape index (κ3) is 9.64. The lowest BCUT2D eigenvalue weighted by Gasteiger charge is -2.07. The summed E-state index contributed by atoms with van der Waals surface area (Å²) in [5, 5.41) is 0. The number of benzene rings is 1. The molecule has 7 heteroatoms. The van der Waals surface area contributed by atoms with E-state index in [-0.39, 0.29) is 0 Å². The lowest BCUT2D eigenvalue weighted by atomic mass is 10.1. The molecule has 1 aromatic carbocycles. The van der Waals surface area contributed by atoms with E-state index in [0.717, 1.165) is 6.54 Å². The topological polar surface area (TPSA) is 8.81 Å². The number of imidazole rings is 1. The Balaban J connectivity index is 0.000000646. The smallest absolute Gasteiger partial charge is 0.418 e. The molecule has 27 heavy (non-hydrogen) atoms. The zero-order valence-corrected chi connectivity index (χ0v) is 16.8. The summed E-state index contributed by atoms with van der Waals surface area (Å²) in [7, 11) is -6.00. The quantitative estimate of drug-likeness (QED) is 0.216. The fourth-order valence-electron chi connectivity index (χ4n) is 3.31. The number of rotatable bonds is 8. The second kappa shape index (κ2) is 11.1. The lowest BCUT2D eigenvalue weighted by molar-refractivity contribution is -0.696. The van der Waals surface area contributed by atoms with Crippen LogP contribution in [0.2, 0.25) is 0 Å². The molecule has 0 aliphatic rings. The molecule has 0 radical (unpaired) electrons. The average Bonchev–Trinajstić information content (AvgIpc) is 2.96. The molecule has 2 rings (SSSR count). The maximum Gasteiger partial charge on any atom is 0.673 e. The second-order valence-electron chi connectivity index (χ2n) is 7.07. The van der Waals surface area contributed by atoms with Crippen LogP contribution < -0.4 is 4.57 Å². The van der Waals surface area contributed by atoms with E-state index >= 15 is 0 Å². The molecule has 0 amide bonds. The highest BCUT2D eigenvalue weighted by Crippen LogP contribution is 2.20. The van der Waals surface area contributed by atoms with Crippen LogP contribution in [-0.2, 0) is 6.54 Å². The number of hydrogen-bond donors (Lipinski definition) is 0. The number of halogens is 4. The minimum absolute atomic E-state index is 1.13. The Labute approximate surface area is 160 Å². The highest BCUT2D eigenvalue weighted by atomic mass is 19.5. The van der Waals surface area contributed by atoms with Gasteiger partial charge < -0.3 is 17.3 Å². The highest BCUT2D eigenvalue weighted by molar-refractivity contribution is 6.50. The Bertz CT molecular complexity index is 667. The molecule has 0 bridgehead atoms. The number of aromatic nitrogens is 2. The molecule has 2 nitrogen and oxygen atoms in total. The fourth-order valence-corrected chi connectivity index (χ4v) is 3.31. The minimum Gasteiger partial charge on any atom is -0.418 e. The third-order valence-electron chi connectivity index (χ3n) is 4.35. The van der Waals surface area contributed by atoms with Crippen LogP contribution in [0.25, 0.3) is 5.69 Å². The van der Waals surface area contributed by atoms with Crippen LogP contribution in [0.3, 0.4) is 0 Å². The third-order valence-corrected chi connectivity index (χ3v) is 4.35. The number of unbranched alkanes of at least 4 members (excludes halogenated alkanes) is 5. The van der Waals surface area contributed by atoms with Gasteiger partial charge in [0.2, 0.25) is 6.33 Å². The molecule has 0 N–H and O–H groups in total. The first-order valence-corrected chi connectivity index (χ1v) is 9.64. The van der Waals surface area contributed by atoms with E-state index in [4.69, 9.17) is 0 Å². The van der Waals surface area contributed by atoms with Gasteiger partial charge in [-0.05, 0) is 44.7 Å². The summed E-state index contributed by atoms with van der Waals surface area (Å²) in [5.41, 5.74) is 5.36. The van der Waals surface area contributed by atoms with Crippen LogP contribution in [0.1, 0.15) is 62.1 Å². The van der Waals surface area contributed by atoms with Gasteiger partial charge in [0.05, 0.1) is 6.54 Å². The molecule has 0 saturated heterocycles. The maximum atomic E-state index is 9.75. The normalized spacial score (nSPS) is 11.3. The maximum absolute atomic E-state index is 9.75. The van der Waals surface area contributed by atoms with Crippen LogP contribution in [0.5, 0.6) is 0 Å². The Kier molecular flexibility index (Phi) is 9.60. The van der Waals surface area contributed by atoms with Crippen LogP contribution in [-0.4, -0.2) is 11.8 Å². The van der Waals surface area contributed by atoms with Crippen molar-refractivity contribution in [2.75, 3.05) is 0 Å². The number of nitrogens with zero attached hydrogens (tertiary/aromatic N) is 2. The van der Waals surface area contributed by atoms with E-state index in [0.29, 0.717) is 0 Å². The van der Waals surface area contributed by atoms with Crippen molar-refractivity contribution in [1.29, 1.82) is 0 Å². The van der Waals surface area contributed by atoms with E-state index in [9.17, 15) is 17.3 Å². The molecule has 1 heterocycles. The molecule has 0 unspecified atom stereocenters. The highest BCUT2D eigenvalue weighted by Gasteiger charge is 2.20. The fraction of sp³-hybridized carbons (Fsp3) is 0.550. The van der Waals surface area contributed by atoms with Crippen molar-refractivity contribution in [3.8, 4) is 5.69 Å². The minimum atomic E-state index is -6.00. The van der Waals surface area contributed by atoms with Crippen molar-refractivity contribution in [1.82, 2.24) is 4.57 Å². The Hall–Kier alpha value is -1.79. The summed E-state index contributed by atoms with van der Waals surface area (Å²) in [6.45, 7) is 9.97. The molecule has 2 aromatic rings. The first-order chi connectivity index (χ1) is 12.6. The average molecular weight is 386 g/mol. The second-order valence-corrected chi connectivity index (χ2v) is 7.07. The molecule has 0 saturated carbocycles. The molecule has 0 fully saturated rings. The summed E-state index contributed by atoms with van der Waals surface area (Å²) < 4.78 is 43.6. The van der Waals surface area contributed by atoms with Gasteiger partial charge in [-0.3, -0.25) is 0 Å². The van der Waals surface area contributed by atoms with Crippen LogP contribution in [0, 0.1) is 20.8 Å². The van der Waals surface area contributed by atoms with E-state index in [1.54, 1.807) is 0 Å². The summed E-state index contributed by atoms with van der Waals surface area (Å²) in [6.07, 6.45) is 14.7. The van der Waals surface area contributed by atoms with Gasteiger partial charge in [-0.1, -0.05) is 50.3 Å². The van der Waals surface area contributed by atoms with Gasteiger partial charge >= 0.3 is 7.25 Å². The Morgan fingerprint density at radius 3 is 1.96 bits per heavy atom. The van der Waals surface area contributed by atoms with Gasteiger partial charge in [0.15, 0.2) is 0 Å². The van der Waals surface area contributed by atoms with Crippen molar-refractivity contribution in [3.05, 3.63) is 47.5 Å². The van der Waals surface area contributed by atoms with Crippen molar-refractivity contribution in [2.45, 2.75) is 72.8 Å². The van der Waals surface area contributed by atoms with Crippen molar-refractivity contribution >= 4 is 7.25 Å². The predicted molar refractivity (Wildman–Crippen MR) is 104 cm³/mol. The molecule has 0 aliphatic heterocycles. The summed E-state index contributed by atoms with van der Waals surface area (Å²) in [6, 6.07) is 4.53. The van der Waals surface area contributed by atoms with Gasteiger partial charge in [0, 0.05) is 0 Å². The molecule has 0 aliphatic carbocycles. The SMILES string of the molecule is CCCCCCCC[n+]1ccn(-c2c(C)cc(C)cc2C)c1.F[B-](F)(F)F. The first kappa shape index (κ1) is 23.3. The number of hydrogen-bond acceptors (Lipinski definition) is 0. The molecule has 1 aromatic heterocycles. The van der Waals surface area contributed by atoms with Gasteiger partial charge in [-0.2, -0.15) is 0 Å². The van der Waals surface area contributed by atoms with E-state index in [1.165, 1.54) is 60.9 Å². The van der Waals surface area contributed by atoms with E-state index < -0.39 is 7.25 Å². The number of aryl methyl sites for hydroxylation is 4. The van der Waals surface area contributed by atoms with Crippen molar-refractivity contribution in [2.24, 2.45) is 0 Å². The van der Waals surface area contributed by atoms with Gasteiger partial charge in [-0.25, -0.2) is 9.13 Å². The first-order valence-electron chi connectivity index (χ1n) is 9.64. The van der Waals surface area contributed by atoms with Crippen molar-refractivity contribution < 1.29 is 21.8 Å². The van der Waals surface area contributed by atoms with Crippen molar-refractivity contribution in [3.63, 3.8) is 0 Å². The summed E-state index contributed by atoms with van der Waals surface area (Å²) >= 11 is 0. The zero-order chi connectivity index (χ0) is 20.4.